The molecule has 0 bridgehead atoms. The summed E-state index contributed by atoms with van der Waals surface area (Å²) in [4.78, 5) is 0. The van der Waals surface area contributed by atoms with Crippen molar-refractivity contribution in [2.75, 3.05) is 0 Å². The van der Waals surface area contributed by atoms with Crippen LogP contribution in [0.4, 0.5) is 8.78 Å². The molecule has 51 valence electrons. The molecule has 0 aliphatic carbocycles. The second-order valence-electron chi connectivity index (χ2n) is 1.49. The molecular formula is C6H3F2OY-. The van der Waals surface area contributed by atoms with Crippen LogP contribution in [0.15, 0.2) is 12.1 Å². The topological polar surface area (TPSA) is 20.2 Å². The van der Waals surface area contributed by atoms with E-state index in [0.717, 1.165) is 12.1 Å². The molecule has 1 N–H and O–H groups in total. The van der Waals surface area contributed by atoms with Gasteiger partial charge in [0.15, 0.2) is 0 Å². The van der Waals surface area contributed by atoms with Gasteiger partial charge in [-0.1, -0.05) is 0 Å². The second-order valence-corrected chi connectivity index (χ2v) is 1.49. The molecule has 1 nitrogen and oxygen atoms in total. The van der Waals surface area contributed by atoms with E-state index in [0.29, 0.717) is 0 Å². The Balaban J connectivity index is 0.000000810. The second kappa shape index (κ2) is 3.99. The summed E-state index contributed by atoms with van der Waals surface area (Å²) in [5, 5.41) is 8.47. The molecule has 1 aromatic rings. The summed E-state index contributed by atoms with van der Waals surface area (Å²) in [6, 6.07) is 4.07. The van der Waals surface area contributed by atoms with Crippen LogP contribution in [0.3, 0.4) is 0 Å². The van der Waals surface area contributed by atoms with Gasteiger partial charge in [-0.05, 0) is 0 Å². The van der Waals surface area contributed by atoms with Crippen LogP contribution >= 0.6 is 0 Å². The van der Waals surface area contributed by atoms with E-state index in [1.165, 1.54) is 0 Å². The molecule has 10 heavy (non-hydrogen) atoms. The first kappa shape index (κ1) is 9.98. The minimum Gasteiger partial charge on any atom is -0.531 e. The van der Waals surface area contributed by atoms with E-state index < -0.39 is 17.4 Å². The largest absolute Gasteiger partial charge is 0.531 e. The fourth-order valence-corrected chi connectivity index (χ4v) is 0.443. The molecule has 1 aromatic carbocycles. The SMILES string of the molecule is Oc1cc[c-]c(F)c1F.[Y]. The van der Waals surface area contributed by atoms with E-state index in [2.05, 4.69) is 0 Å². The van der Waals surface area contributed by atoms with Crippen LogP contribution in [0.5, 0.6) is 5.75 Å². The van der Waals surface area contributed by atoms with Crippen molar-refractivity contribution in [3.05, 3.63) is 29.8 Å². The third-order valence-corrected chi connectivity index (χ3v) is 0.869. The third kappa shape index (κ3) is 1.99. The molecule has 0 aliphatic rings. The Morgan fingerprint density at radius 1 is 1.40 bits per heavy atom. The number of hydrogen-bond acceptors (Lipinski definition) is 1. The normalized spacial score (nSPS) is 8.60. The van der Waals surface area contributed by atoms with Gasteiger partial charge < -0.3 is 5.11 Å². The Labute approximate surface area is 81.9 Å². The van der Waals surface area contributed by atoms with Gasteiger partial charge in [0, 0.05) is 44.3 Å². The predicted octanol–water partition coefficient (Wildman–Crippen LogP) is 1.47. The number of rotatable bonds is 0. The first-order valence-electron chi connectivity index (χ1n) is 2.26. The molecule has 1 radical (unpaired) electrons. The number of hydrogen-bond donors (Lipinski definition) is 1. The quantitative estimate of drug-likeness (QED) is 0.653. The van der Waals surface area contributed by atoms with Crippen LogP contribution in [0.1, 0.15) is 0 Å². The number of halogens is 2. The van der Waals surface area contributed by atoms with Crippen molar-refractivity contribution in [1.29, 1.82) is 0 Å². The van der Waals surface area contributed by atoms with Gasteiger partial charge in [-0.3, -0.25) is 4.39 Å². The molecule has 0 spiro atoms. The molecular weight excluding hydrogens is 215 g/mol. The zero-order valence-corrected chi connectivity index (χ0v) is 7.77. The van der Waals surface area contributed by atoms with Gasteiger partial charge in [-0.25, -0.2) is 4.39 Å². The van der Waals surface area contributed by atoms with Gasteiger partial charge in [-0.15, -0.1) is 12.1 Å². The van der Waals surface area contributed by atoms with E-state index >= 15 is 0 Å². The Hall–Kier alpha value is -0.0161. The van der Waals surface area contributed by atoms with Crippen LogP contribution in [-0.2, 0) is 32.7 Å². The van der Waals surface area contributed by atoms with Crippen molar-refractivity contribution in [2.45, 2.75) is 0 Å². The first-order valence-corrected chi connectivity index (χ1v) is 2.26. The van der Waals surface area contributed by atoms with Crippen LogP contribution in [0.25, 0.3) is 0 Å². The standard InChI is InChI=1S/C6H3F2O.Y/c7-4-2-1-3-5(9)6(4)8;/h1,3,9H;/q-1;. The third-order valence-electron chi connectivity index (χ3n) is 0.869. The summed E-state index contributed by atoms with van der Waals surface area (Å²) < 4.78 is 24.1. The van der Waals surface area contributed by atoms with E-state index in [4.69, 9.17) is 5.11 Å². The monoisotopic (exact) mass is 218 g/mol. The zero-order valence-electron chi connectivity index (χ0n) is 4.94. The van der Waals surface area contributed by atoms with Gasteiger partial charge in [0.2, 0.25) is 0 Å². The summed E-state index contributed by atoms with van der Waals surface area (Å²) in [5.41, 5.74) is 0. The van der Waals surface area contributed by atoms with E-state index in [-0.39, 0.29) is 32.7 Å². The Bertz CT molecular complexity index is 207. The summed E-state index contributed by atoms with van der Waals surface area (Å²) in [6.07, 6.45) is 0. The van der Waals surface area contributed by atoms with Crippen LogP contribution < -0.4 is 0 Å². The fraction of sp³-hybridized carbons (Fsp3) is 0. The van der Waals surface area contributed by atoms with Crippen molar-refractivity contribution < 1.29 is 46.6 Å². The van der Waals surface area contributed by atoms with Crippen molar-refractivity contribution >= 4 is 0 Å². The summed E-state index contributed by atoms with van der Waals surface area (Å²) in [6.45, 7) is 0. The molecule has 0 fully saturated rings. The minimum atomic E-state index is -1.25. The van der Waals surface area contributed by atoms with Gasteiger partial charge >= 0.3 is 0 Å². The van der Waals surface area contributed by atoms with Gasteiger partial charge in [0.1, 0.15) is 0 Å². The predicted molar refractivity (Wildman–Crippen MR) is 26.9 cm³/mol. The van der Waals surface area contributed by atoms with Crippen molar-refractivity contribution in [1.82, 2.24) is 0 Å². The summed E-state index contributed by atoms with van der Waals surface area (Å²) in [7, 11) is 0. The Morgan fingerprint density at radius 2 is 2.00 bits per heavy atom. The molecule has 0 amide bonds. The molecule has 0 saturated carbocycles. The number of phenols is 1. The summed E-state index contributed by atoms with van der Waals surface area (Å²) in [5.74, 6) is -3.10. The number of aromatic hydroxyl groups is 1. The molecule has 4 heteroatoms. The average molecular weight is 218 g/mol. The van der Waals surface area contributed by atoms with Gasteiger partial charge in [-0.2, -0.15) is 6.07 Å². The van der Waals surface area contributed by atoms with Gasteiger partial charge in [0.05, 0.1) is 5.82 Å². The van der Waals surface area contributed by atoms with Crippen molar-refractivity contribution in [3.8, 4) is 5.75 Å². The maximum Gasteiger partial charge on any atom is 0.0840 e. The molecule has 0 atom stereocenters. The summed E-state index contributed by atoms with van der Waals surface area (Å²) >= 11 is 0. The maximum absolute atomic E-state index is 12.1. The van der Waals surface area contributed by atoms with Crippen molar-refractivity contribution in [3.63, 3.8) is 0 Å². The Morgan fingerprint density at radius 3 is 2.40 bits per heavy atom. The molecule has 0 saturated heterocycles. The maximum atomic E-state index is 12.1. The van der Waals surface area contributed by atoms with Crippen molar-refractivity contribution in [2.24, 2.45) is 0 Å². The van der Waals surface area contributed by atoms with Gasteiger partial charge in [0.25, 0.3) is 0 Å². The molecule has 0 aromatic heterocycles. The van der Waals surface area contributed by atoms with E-state index in [1.54, 1.807) is 0 Å². The van der Waals surface area contributed by atoms with Crippen LogP contribution in [0.2, 0.25) is 0 Å². The molecule has 0 unspecified atom stereocenters. The van der Waals surface area contributed by atoms with Crippen LogP contribution in [0, 0.1) is 17.7 Å². The number of benzene rings is 1. The minimum absolute atomic E-state index is 0. The van der Waals surface area contributed by atoms with E-state index in [1.807, 2.05) is 6.07 Å². The van der Waals surface area contributed by atoms with Crippen LogP contribution in [-0.4, -0.2) is 5.11 Å². The first-order chi connectivity index (χ1) is 4.22. The number of phenolic OH excluding ortho intramolecular Hbond substituents is 1. The zero-order chi connectivity index (χ0) is 6.85. The fourth-order valence-electron chi connectivity index (χ4n) is 0.443. The molecule has 0 heterocycles. The average Bonchev–Trinajstić information content (AvgIpc) is 1.83. The Kier molecular flexibility index (Phi) is 3.98. The smallest absolute Gasteiger partial charge is 0.0840 e. The molecule has 0 aliphatic heterocycles. The van der Waals surface area contributed by atoms with E-state index in [9.17, 15) is 8.78 Å². The molecule has 1 rings (SSSR count).